The van der Waals surface area contributed by atoms with Gasteiger partial charge in [0.1, 0.15) is 0 Å². The minimum Gasteiger partial charge on any atom is -0.364 e. The van der Waals surface area contributed by atoms with Gasteiger partial charge in [-0.3, -0.25) is 0 Å². The van der Waals surface area contributed by atoms with Crippen molar-refractivity contribution in [3.63, 3.8) is 0 Å². The predicted molar refractivity (Wildman–Crippen MR) is 67.9 cm³/mol. The number of anilines is 1. The average molecular weight is 237 g/mol. The van der Waals surface area contributed by atoms with Crippen molar-refractivity contribution in [2.45, 2.75) is 31.3 Å². The summed E-state index contributed by atoms with van der Waals surface area (Å²) in [5, 5.41) is 0.803. The number of halogens is 1. The van der Waals surface area contributed by atoms with Crippen LogP contribution in [0.15, 0.2) is 24.3 Å². The Kier molecular flexibility index (Phi) is 2.56. The summed E-state index contributed by atoms with van der Waals surface area (Å²) >= 11 is 5.92. The Hall–Kier alpha value is -0.730. The standard InChI is InChI=1S/C13H17ClN2/c14-10-2-5-11(6-3-10)16-12-4-1-9(7-12)13(16)8-15/h2-3,5-6,9,12-13H,1,4,7-8,15H2. The third-order valence-corrected chi connectivity index (χ3v) is 4.36. The van der Waals surface area contributed by atoms with Gasteiger partial charge in [0.15, 0.2) is 0 Å². The number of benzene rings is 1. The van der Waals surface area contributed by atoms with Crippen molar-refractivity contribution in [1.82, 2.24) is 0 Å². The number of nitrogens with two attached hydrogens (primary N) is 1. The van der Waals surface area contributed by atoms with Gasteiger partial charge in [0.2, 0.25) is 0 Å². The maximum absolute atomic E-state index is 5.92. The maximum Gasteiger partial charge on any atom is 0.0444 e. The van der Waals surface area contributed by atoms with Crippen molar-refractivity contribution >= 4 is 17.3 Å². The highest BCUT2D eigenvalue weighted by atomic mass is 35.5. The minimum atomic E-state index is 0.542. The molecule has 1 aliphatic carbocycles. The van der Waals surface area contributed by atoms with Gasteiger partial charge in [0.05, 0.1) is 0 Å². The highest BCUT2D eigenvalue weighted by Crippen LogP contribution is 2.44. The molecule has 2 aliphatic rings. The van der Waals surface area contributed by atoms with Crippen LogP contribution in [0.1, 0.15) is 19.3 Å². The molecular weight excluding hydrogens is 220 g/mol. The molecule has 1 saturated heterocycles. The maximum atomic E-state index is 5.92. The van der Waals surface area contributed by atoms with E-state index in [1.165, 1.54) is 24.9 Å². The lowest BCUT2D eigenvalue weighted by molar-refractivity contribution is 0.435. The molecular formula is C13H17ClN2. The van der Waals surface area contributed by atoms with Gasteiger partial charge in [0.25, 0.3) is 0 Å². The van der Waals surface area contributed by atoms with E-state index in [-0.39, 0.29) is 0 Å². The van der Waals surface area contributed by atoms with Crippen molar-refractivity contribution in [3.05, 3.63) is 29.3 Å². The van der Waals surface area contributed by atoms with Crippen LogP contribution in [-0.4, -0.2) is 18.6 Å². The fourth-order valence-electron chi connectivity index (χ4n) is 3.41. The van der Waals surface area contributed by atoms with Crippen LogP contribution in [0.5, 0.6) is 0 Å². The van der Waals surface area contributed by atoms with Gasteiger partial charge in [0, 0.05) is 29.3 Å². The first-order chi connectivity index (χ1) is 7.79. The third-order valence-electron chi connectivity index (χ3n) is 4.11. The first-order valence-electron chi connectivity index (χ1n) is 6.03. The molecule has 2 N–H and O–H groups in total. The predicted octanol–water partition coefficient (Wildman–Crippen LogP) is 2.66. The van der Waals surface area contributed by atoms with E-state index in [1.807, 2.05) is 12.1 Å². The van der Waals surface area contributed by atoms with E-state index < -0.39 is 0 Å². The zero-order chi connectivity index (χ0) is 11.1. The van der Waals surface area contributed by atoms with Gasteiger partial charge in [-0.25, -0.2) is 0 Å². The third kappa shape index (κ3) is 1.52. The lowest BCUT2D eigenvalue weighted by atomic mass is 9.98. The van der Waals surface area contributed by atoms with E-state index in [9.17, 15) is 0 Å². The van der Waals surface area contributed by atoms with E-state index in [0.29, 0.717) is 12.1 Å². The van der Waals surface area contributed by atoms with E-state index in [2.05, 4.69) is 17.0 Å². The fourth-order valence-corrected chi connectivity index (χ4v) is 3.54. The van der Waals surface area contributed by atoms with E-state index in [1.54, 1.807) is 0 Å². The second kappa shape index (κ2) is 3.94. The van der Waals surface area contributed by atoms with Crippen LogP contribution in [0, 0.1) is 5.92 Å². The molecule has 3 heteroatoms. The van der Waals surface area contributed by atoms with Crippen LogP contribution in [0.25, 0.3) is 0 Å². The molecule has 3 atom stereocenters. The molecule has 0 spiro atoms. The van der Waals surface area contributed by atoms with E-state index in [0.717, 1.165) is 17.5 Å². The Morgan fingerprint density at radius 1 is 1.25 bits per heavy atom. The van der Waals surface area contributed by atoms with Crippen LogP contribution in [0.2, 0.25) is 5.02 Å². The van der Waals surface area contributed by atoms with Crippen molar-refractivity contribution in [2.24, 2.45) is 11.7 Å². The summed E-state index contributed by atoms with van der Waals surface area (Å²) in [5.74, 6) is 0.811. The lowest BCUT2D eigenvalue weighted by Gasteiger charge is -2.36. The number of piperidine rings is 1. The molecule has 86 valence electrons. The normalized spacial score (nSPS) is 32.4. The van der Waals surface area contributed by atoms with Crippen LogP contribution in [0.3, 0.4) is 0 Å². The minimum absolute atomic E-state index is 0.542. The monoisotopic (exact) mass is 236 g/mol. The molecule has 1 saturated carbocycles. The average Bonchev–Trinajstić information content (AvgIpc) is 2.89. The summed E-state index contributed by atoms with van der Waals surface area (Å²) in [6.45, 7) is 0.768. The highest BCUT2D eigenvalue weighted by Gasteiger charge is 2.44. The van der Waals surface area contributed by atoms with Crippen molar-refractivity contribution < 1.29 is 0 Å². The van der Waals surface area contributed by atoms with Crippen molar-refractivity contribution in [1.29, 1.82) is 0 Å². The molecule has 2 bridgehead atoms. The van der Waals surface area contributed by atoms with Crippen molar-refractivity contribution in [2.75, 3.05) is 11.4 Å². The molecule has 0 aromatic heterocycles. The Bertz CT molecular complexity index is 376. The van der Waals surface area contributed by atoms with Crippen molar-refractivity contribution in [3.8, 4) is 0 Å². The molecule has 1 aromatic rings. The summed E-state index contributed by atoms with van der Waals surface area (Å²) in [6.07, 6.45) is 4.00. The molecule has 2 fully saturated rings. The quantitative estimate of drug-likeness (QED) is 0.856. The largest absolute Gasteiger partial charge is 0.364 e. The van der Waals surface area contributed by atoms with Gasteiger partial charge in [-0.1, -0.05) is 11.6 Å². The number of rotatable bonds is 2. The topological polar surface area (TPSA) is 29.3 Å². The number of hydrogen-bond donors (Lipinski definition) is 1. The number of fused-ring (bicyclic) bond motifs is 2. The Morgan fingerprint density at radius 3 is 2.69 bits per heavy atom. The molecule has 1 heterocycles. The molecule has 1 aromatic carbocycles. The highest BCUT2D eigenvalue weighted by molar-refractivity contribution is 6.30. The Morgan fingerprint density at radius 2 is 2.00 bits per heavy atom. The van der Waals surface area contributed by atoms with E-state index in [4.69, 9.17) is 17.3 Å². The van der Waals surface area contributed by atoms with Gasteiger partial charge in [-0.05, 0) is 49.4 Å². The number of hydrogen-bond acceptors (Lipinski definition) is 2. The summed E-state index contributed by atoms with van der Waals surface area (Å²) in [7, 11) is 0. The lowest BCUT2D eigenvalue weighted by Crippen LogP contribution is -2.45. The van der Waals surface area contributed by atoms with Crippen LogP contribution in [-0.2, 0) is 0 Å². The Balaban J connectivity index is 1.91. The van der Waals surface area contributed by atoms with E-state index >= 15 is 0 Å². The fraction of sp³-hybridized carbons (Fsp3) is 0.538. The summed E-state index contributed by atoms with van der Waals surface area (Å²) in [6, 6.07) is 9.42. The summed E-state index contributed by atoms with van der Waals surface area (Å²) < 4.78 is 0. The molecule has 3 rings (SSSR count). The van der Waals surface area contributed by atoms with Gasteiger partial charge in [-0.2, -0.15) is 0 Å². The molecule has 0 radical (unpaired) electrons. The number of nitrogens with zero attached hydrogens (tertiary/aromatic N) is 1. The SMILES string of the molecule is NCC1C2CCC(C2)N1c1ccc(Cl)cc1. The first-order valence-corrected chi connectivity index (χ1v) is 6.41. The first kappa shape index (κ1) is 10.4. The second-order valence-corrected chi connectivity index (χ2v) is 5.35. The zero-order valence-electron chi connectivity index (χ0n) is 9.27. The van der Waals surface area contributed by atoms with Gasteiger partial charge >= 0.3 is 0 Å². The van der Waals surface area contributed by atoms with Crippen LogP contribution in [0.4, 0.5) is 5.69 Å². The van der Waals surface area contributed by atoms with Crippen LogP contribution >= 0.6 is 11.6 Å². The van der Waals surface area contributed by atoms with Gasteiger partial charge in [-0.15, -0.1) is 0 Å². The molecule has 16 heavy (non-hydrogen) atoms. The molecule has 1 aliphatic heterocycles. The van der Waals surface area contributed by atoms with Gasteiger partial charge < -0.3 is 10.6 Å². The molecule has 3 unspecified atom stereocenters. The Labute approximate surface area is 101 Å². The summed E-state index contributed by atoms with van der Waals surface area (Å²) in [5.41, 5.74) is 7.19. The second-order valence-electron chi connectivity index (χ2n) is 4.91. The summed E-state index contributed by atoms with van der Waals surface area (Å²) in [4.78, 5) is 2.52. The molecule has 0 amide bonds. The van der Waals surface area contributed by atoms with Crippen LogP contribution < -0.4 is 10.6 Å². The zero-order valence-corrected chi connectivity index (χ0v) is 10.0. The molecule has 2 nitrogen and oxygen atoms in total. The smallest absolute Gasteiger partial charge is 0.0444 e.